The van der Waals surface area contributed by atoms with Crippen LogP contribution in [0.25, 0.3) is 0 Å². The van der Waals surface area contributed by atoms with Crippen molar-refractivity contribution >= 4 is 0 Å². The third-order valence-electron chi connectivity index (χ3n) is 4.23. The lowest BCUT2D eigenvalue weighted by Gasteiger charge is -2.14. The molecule has 0 spiro atoms. The molecule has 0 aromatic rings. The molecule has 0 aromatic carbocycles. The number of hydrogen-bond acceptors (Lipinski definition) is 0. The zero-order valence-corrected chi connectivity index (χ0v) is 13.6. The van der Waals surface area contributed by atoms with Gasteiger partial charge < -0.3 is 0 Å². The molecule has 0 aliphatic heterocycles. The summed E-state index contributed by atoms with van der Waals surface area (Å²) in [5.41, 5.74) is 0. The molecular weight excluding hydrogens is 216 g/mol. The van der Waals surface area contributed by atoms with E-state index in [-0.39, 0.29) is 0 Å². The summed E-state index contributed by atoms with van der Waals surface area (Å²) in [6.07, 6.45) is 17.4. The lowest BCUT2D eigenvalue weighted by molar-refractivity contribution is 0.490. The molecule has 0 aliphatic carbocycles. The number of rotatable bonds is 13. The van der Waals surface area contributed by atoms with Crippen molar-refractivity contribution in [3.8, 4) is 0 Å². The Morgan fingerprint density at radius 3 is 1.44 bits per heavy atom. The summed E-state index contributed by atoms with van der Waals surface area (Å²) in [6, 6.07) is 0. The van der Waals surface area contributed by atoms with Gasteiger partial charge in [0.2, 0.25) is 0 Å². The highest BCUT2D eigenvalue weighted by Crippen LogP contribution is 2.20. The van der Waals surface area contributed by atoms with Crippen LogP contribution in [-0.2, 0) is 0 Å². The first-order valence-electron chi connectivity index (χ1n) is 8.48. The Kier molecular flexibility index (Phi) is 13.4. The quantitative estimate of drug-likeness (QED) is 0.312. The summed E-state index contributed by atoms with van der Waals surface area (Å²) in [5, 5.41) is 0. The fraction of sp³-hybridized carbons (Fsp3) is 0.944. The van der Waals surface area contributed by atoms with E-state index in [4.69, 9.17) is 0 Å². The molecule has 0 fully saturated rings. The lowest BCUT2D eigenvalue weighted by atomic mass is 9.92. The maximum atomic E-state index is 2.37. The molecule has 0 bridgehead atoms. The molecule has 0 amide bonds. The minimum atomic E-state index is 0.837. The van der Waals surface area contributed by atoms with Crippen molar-refractivity contribution in [3.63, 3.8) is 0 Å². The monoisotopic (exact) mass is 253 g/mol. The predicted molar refractivity (Wildman–Crippen MR) is 84.8 cm³/mol. The van der Waals surface area contributed by atoms with E-state index in [1.54, 1.807) is 5.92 Å². The van der Waals surface area contributed by atoms with E-state index in [1.807, 2.05) is 0 Å². The molecule has 0 saturated heterocycles. The zero-order chi connectivity index (χ0) is 13.6. The molecule has 1 unspecified atom stereocenters. The summed E-state index contributed by atoms with van der Waals surface area (Å²) >= 11 is 0. The smallest absolute Gasteiger partial charge is 0.0275 e. The molecule has 0 nitrogen and oxygen atoms in total. The second kappa shape index (κ2) is 13.4. The molecule has 0 heterocycles. The molecule has 0 saturated carbocycles. The van der Waals surface area contributed by atoms with Crippen LogP contribution in [-0.4, -0.2) is 0 Å². The minimum Gasteiger partial charge on any atom is -0.0654 e. The van der Waals surface area contributed by atoms with E-state index in [0.717, 1.165) is 5.92 Å². The van der Waals surface area contributed by atoms with Gasteiger partial charge in [-0.25, -0.2) is 0 Å². The Morgan fingerprint density at radius 1 is 0.667 bits per heavy atom. The molecule has 1 radical (unpaired) electrons. The molecule has 0 aliphatic rings. The van der Waals surface area contributed by atoms with Gasteiger partial charge >= 0.3 is 0 Å². The van der Waals surface area contributed by atoms with E-state index < -0.39 is 0 Å². The first-order chi connectivity index (χ1) is 8.68. The Balaban J connectivity index is 3.03. The van der Waals surface area contributed by atoms with Gasteiger partial charge in [-0.2, -0.15) is 0 Å². The van der Waals surface area contributed by atoms with Gasteiger partial charge in [0, 0.05) is 0 Å². The van der Waals surface area contributed by atoms with Gasteiger partial charge in [0.05, 0.1) is 0 Å². The average molecular weight is 253 g/mol. The Morgan fingerprint density at radius 2 is 1.06 bits per heavy atom. The van der Waals surface area contributed by atoms with Gasteiger partial charge in [0.1, 0.15) is 0 Å². The fourth-order valence-corrected chi connectivity index (χ4v) is 2.40. The van der Waals surface area contributed by atoms with Crippen LogP contribution in [0.4, 0.5) is 0 Å². The van der Waals surface area contributed by atoms with E-state index in [1.165, 1.54) is 77.0 Å². The van der Waals surface area contributed by atoms with Crippen molar-refractivity contribution in [1.82, 2.24) is 0 Å². The second-order valence-electron chi connectivity index (χ2n) is 6.30. The maximum absolute atomic E-state index is 2.37. The van der Waals surface area contributed by atoms with Crippen LogP contribution in [0.5, 0.6) is 0 Å². The topological polar surface area (TPSA) is 0 Å². The van der Waals surface area contributed by atoms with E-state index >= 15 is 0 Å². The van der Waals surface area contributed by atoms with Gasteiger partial charge in [-0.1, -0.05) is 105 Å². The van der Waals surface area contributed by atoms with Gasteiger partial charge in [-0.15, -0.1) is 0 Å². The van der Waals surface area contributed by atoms with Crippen molar-refractivity contribution in [2.24, 2.45) is 5.92 Å². The summed E-state index contributed by atoms with van der Waals surface area (Å²) in [7, 11) is 0. The first-order valence-corrected chi connectivity index (χ1v) is 8.48. The SMILES string of the molecule is CCCCCCCCCCCCCC(C)[C](C)C. The summed E-state index contributed by atoms with van der Waals surface area (Å²) in [5.74, 6) is 2.44. The van der Waals surface area contributed by atoms with E-state index in [2.05, 4.69) is 27.7 Å². The van der Waals surface area contributed by atoms with Crippen LogP contribution in [0.1, 0.15) is 105 Å². The van der Waals surface area contributed by atoms with Gasteiger partial charge in [0.15, 0.2) is 0 Å². The van der Waals surface area contributed by atoms with Crippen molar-refractivity contribution in [2.75, 3.05) is 0 Å². The van der Waals surface area contributed by atoms with Gasteiger partial charge in [-0.3, -0.25) is 0 Å². The Bertz CT molecular complexity index is 148. The standard InChI is InChI=1S/C18H37/c1-5-6-7-8-9-10-11-12-13-14-15-16-18(4)17(2)3/h18H,5-16H2,1-4H3. The molecule has 0 aromatic heterocycles. The third kappa shape index (κ3) is 12.5. The van der Waals surface area contributed by atoms with E-state index in [0.29, 0.717) is 0 Å². The highest BCUT2D eigenvalue weighted by Gasteiger charge is 2.06. The summed E-state index contributed by atoms with van der Waals surface area (Å²) < 4.78 is 0. The average Bonchev–Trinajstić information content (AvgIpc) is 2.35. The predicted octanol–water partition coefficient (Wildman–Crippen LogP) is 6.94. The lowest BCUT2D eigenvalue weighted by Crippen LogP contribution is -2.01. The minimum absolute atomic E-state index is 0.837. The highest BCUT2D eigenvalue weighted by molar-refractivity contribution is 4.83. The van der Waals surface area contributed by atoms with Crippen molar-refractivity contribution in [1.29, 1.82) is 0 Å². The normalized spacial score (nSPS) is 13.2. The second-order valence-corrected chi connectivity index (χ2v) is 6.30. The summed E-state index contributed by atoms with van der Waals surface area (Å²) in [4.78, 5) is 0. The van der Waals surface area contributed by atoms with Crippen LogP contribution in [0, 0.1) is 11.8 Å². The maximum Gasteiger partial charge on any atom is -0.0275 e. The van der Waals surface area contributed by atoms with Gasteiger partial charge in [-0.05, 0) is 11.8 Å². The molecule has 0 rings (SSSR count). The third-order valence-corrected chi connectivity index (χ3v) is 4.23. The molecular formula is C18H37. The zero-order valence-electron chi connectivity index (χ0n) is 13.6. The number of unbranched alkanes of at least 4 members (excludes halogenated alkanes) is 10. The molecule has 0 N–H and O–H groups in total. The largest absolute Gasteiger partial charge is 0.0654 e. The Hall–Kier alpha value is 0. The fourth-order valence-electron chi connectivity index (χ4n) is 2.40. The molecule has 18 heavy (non-hydrogen) atoms. The Labute approximate surface area is 117 Å². The van der Waals surface area contributed by atoms with Crippen LogP contribution in [0.15, 0.2) is 0 Å². The molecule has 109 valence electrons. The van der Waals surface area contributed by atoms with Crippen LogP contribution < -0.4 is 0 Å². The van der Waals surface area contributed by atoms with Crippen molar-refractivity contribution in [2.45, 2.75) is 105 Å². The van der Waals surface area contributed by atoms with Crippen molar-refractivity contribution in [3.05, 3.63) is 5.92 Å². The molecule has 1 atom stereocenters. The van der Waals surface area contributed by atoms with Gasteiger partial charge in [0.25, 0.3) is 0 Å². The number of hydrogen-bond donors (Lipinski definition) is 0. The first kappa shape index (κ1) is 18.0. The molecule has 0 heteroatoms. The van der Waals surface area contributed by atoms with Crippen molar-refractivity contribution < 1.29 is 0 Å². The van der Waals surface area contributed by atoms with E-state index in [9.17, 15) is 0 Å². The van der Waals surface area contributed by atoms with Crippen LogP contribution in [0.3, 0.4) is 0 Å². The summed E-state index contributed by atoms with van der Waals surface area (Å²) in [6.45, 7) is 9.19. The highest BCUT2D eigenvalue weighted by atomic mass is 14.1. The van der Waals surface area contributed by atoms with Crippen LogP contribution in [0.2, 0.25) is 0 Å². The van der Waals surface area contributed by atoms with Crippen LogP contribution >= 0.6 is 0 Å².